The number of ether oxygens (including phenoxy) is 1. The second kappa shape index (κ2) is 4.67. The Bertz CT molecular complexity index is 303. The van der Waals surface area contributed by atoms with Crippen LogP contribution in [0.2, 0.25) is 5.02 Å². The molecule has 0 atom stereocenters. The summed E-state index contributed by atoms with van der Waals surface area (Å²) in [5.41, 5.74) is 5.15. The lowest BCUT2D eigenvalue weighted by molar-refractivity contribution is 0.327. The van der Waals surface area contributed by atoms with Gasteiger partial charge in [-0.1, -0.05) is 11.6 Å². The van der Waals surface area contributed by atoms with Gasteiger partial charge in [0.15, 0.2) is 0 Å². The minimum Gasteiger partial charge on any atom is -0.491 e. The topological polar surface area (TPSA) is 72.0 Å². The summed E-state index contributed by atoms with van der Waals surface area (Å²) in [4.78, 5) is 3.84. The molecule has 0 amide bonds. The molecule has 0 aliphatic heterocycles. The molecule has 0 bridgehead atoms. The van der Waals surface area contributed by atoms with Crippen LogP contribution in [0.3, 0.4) is 0 Å². The summed E-state index contributed by atoms with van der Waals surface area (Å²) in [6, 6.07) is 1.66. The third kappa shape index (κ3) is 3.75. The number of halogens is 1. The highest BCUT2D eigenvalue weighted by Crippen LogP contribution is 2.14. The van der Waals surface area contributed by atoms with Crippen molar-refractivity contribution in [2.45, 2.75) is 6.42 Å². The first-order chi connectivity index (χ1) is 6.18. The van der Waals surface area contributed by atoms with Gasteiger partial charge in [0.1, 0.15) is 5.75 Å². The van der Waals surface area contributed by atoms with E-state index in [-0.39, 0.29) is 5.84 Å². The molecule has 0 unspecified atom stereocenters. The van der Waals surface area contributed by atoms with Crippen molar-refractivity contribution in [1.29, 1.82) is 5.41 Å². The molecule has 1 aromatic rings. The van der Waals surface area contributed by atoms with Crippen molar-refractivity contribution in [3.8, 4) is 5.75 Å². The Morgan fingerprint density at radius 2 is 2.38 bits per heavy atom. The number of pyridine rings is 1. The van der Waals surface area contributed by atoms with Crippen LogP contribution in [0.1, 0.15) is 6.42 Å². The molecule has 0 radical (unpaired) electrons. The van der Waals surface area contributed by atoms with Crippen molar-refractivity contribution >= 4 is 17.4 Å². The fourth-order valence-electron chi connectivity index (χ4n) is 0.750. The quantitative estimate of drug-likeness (QED) is 0.569. The Morgan fingerprint density at radius 3 is 3.00 bits per heavy atom. The van der Waals surface area contributed by atoms with E-state index in [0.717, 1.165) is 0 Å². The van der Waals surface area contributed by atoms with Crippen molar-refractivity contribution in [2.24, 2.45) is 5.73 Å². The van der Waals surface area contributed by atoms with E-state index in [1.807, 2.05) is 0 Å². The van der Waals surface area contributed by atoms with E-state index in [1.54, 1.807) is 12.3 Å². The molecule has 0 fully saturated rings. The van der Waals surface area contributed by atoms with E-state index in [4.69, 9.17) is 27.5 Å². The highest BCUT2D eigenvalue weighted by atomic mass is 35.5. The zero-order valence-corrected chi connectivity index (χ0v) is 7.71. The van der Waals surface area contributed by atoms with Gasteiger partial charge in [-0.3, -0.25) is 10.4 Å². The highest BCUT2D eigenvalue weighted by molar-refractivity contribution is 6.30. The maximum absolute atomic E-state index is 6.96. The largest absolute Gasteiger partial charge is 0.491 e. The van der Waals surface area contributed by atoms with Crippen molar-refractivity contribution in [1.82, 2.24) is 4.98 Å². The highest BCUT2D eigenvalue weighted by Gasteiger charge is 1.96. The molecule has 0 saturated heterocycles. The maximum Gasteiger partial charge on any atom is 0.139 e. The fourth-order valence-corrected chi connectivity index (χ4v) is 0.914. The Hall–Kier alpha value is -1.29. The van der Waals surface area contributed by atoms with Gasteiger partial charge >= 0.3 is 0 Å². The normalized spacial score (nSPS) is 9.62. The molecule has 1 aromatic heterocycles. The van der Waals surface area contributed by atoms with Gasteiger partial charge in [-0.15, -0.1) is 0 Å². The fraction of sp³-hybridized carbons (Fsp3) is 0.250. The SMILES string of the molecule is N=C(N)CCOc1cncc(Cl)c1. The Balaban J connectivity index is 2.41. The van der Waals surface area contributed by atoms with Crippen LogP contribution < -0.4 is 10.5 Å². The lowest BCUT2D eigenvalue weighted by atomic mass is 10.4. The summed E-state index contributed by atoms with van der Waals surface area (Å²) in [5.74, 6) is 0.698. The summed E-state index contributed by atoms with van der Waals surface area (Å²) >= 11 is 5.68. The molecule has 1 rings (SSSR count). The molecule has 13 heavy (non-hydrogen) atoms. The van der Waals surface area contributed by atoms with Crippen LogP contribution in [0.4, 0.5) is 0 Å². The molecule has 0 spiro atoms. The van der Waals surface area contributed by atoms with Crippen LogP contribution >= 0.6 is 11.6 Å². The number of nitrogens with two attached hydrogens (primary N) is 1. The third-order valence-electron chi connectivity index (χ3n) is 1.32. The zero-order valence-electron chi connectivity index (χ0n) is 6.96. The van der Waals surface area contributed by atoms with Gasteiger partial charge in [0.2, 0.25) is 0 Å². The lowest BCUT2D eigenvalue weighted by Gasteiger charge is -2.04. The zero-order chi connectivity index (χ0) is 9.68. The molecule has 4 nitrogen and oxygen atoms in total. The number of hydrogen-bond acceptors (Lipinski definition) is 3. The van der Waals surface area contributed by atoms with Gasteiger partial charge < -0.3 is 10.5 Å². The molecule has 0 aliphatic carbocycles. The molecule has 0 saturated carbocycles. The van der Waals surface area contributed by atoms with Gasteiger partial charge in [-0.2, -0.15) is 0 Å². The number of nitrogens with zero attached hydrogens (tertiary/aromatic N) is 1. The first kappa shape index (κ1) is 9.80. The minimum absolute atomic E-state index is 0.106. The summed E-state index contributed by atoms with van der Waals surface area (Å²) in [6.45, 7) is 0.372. The predicted octanol–water partition coefficient (Wildman–Crippen LogP) is 1.44. The van der Waals surface area contributed by atoms with Crippen molar-refractivity contribution < 1.29 is 4.74 Å². The van der Waals surface area contributed by atoms with E-state index < -0.39 is 0 Å². The standard InChI is InChI=1S/C8H10ClN3O/c9-6-3-7(5-12-4-6)13-2-1-8(10)11/h3-5H,1-2H2,(H3,10,11). The number of nitrogens with one attached hydrogen (secondary N) is 1. The van der Waals surface area contributed by atoms with E-state index in [9.17, 15) is 0 Å². The maximum atomic E-state index is 6.96. The summed E-state index contributed by atoms with van der Waals surface area (Å²) in [7, 11) is 0. The van der Waals surface area contributed by atoms with Gasteiger partial charge in [0.25, 0.3) is 0 Å². The van der Waals surface area contributed by atoms with E-state index in [0.29, 0.717) is 23.8 Å². The molecule has 3 N–H and O–H groups in total. The second-order valence-electron chi connectivity index (χ2n) is 2.46. The van der Waals surface area contributed by atoms with Crippen LogP contribution in [0.25, 0.3) is 0 Å². The number of aromatic nitrogens is 1. The monoisotopic (exact) mass is 199 g/mol. The number of rotatable bonds is 4. The van der Waals surface area contributed by atoms with Crippen molar-refractivity contribution in [2.75, 3.05) is 6.61 Å². The molecular formula is C8H10ClN3O. The molecule has 0 aromatic carbocycles. The Labute approximate surface area is 81.2 Å². The first-order valence-corrected chi connectivity index (χ1v) is 4.12. The lowest BCUT2D eigenvalue weighted by Crippen LogP contribution is -2.13. The summed E-state index contributed by atoms with van der Waals surface area (Å²) < 4.78 is 5.23. The van der Waals surface area contributed by atoms with Crippen LogP contribution in [-0.4, -0.2) is 17.4 Å². The van der Waals surface area contributed by atoms with Crippen LogP contribution in [0.15, 0.2) is 18.5 Å². The molecular weight excluding hydrogens is 190 g/mol. The predicted molar refractivity (Wildman–Crippen MR) is 51.3 cm³/mol. The van der Waals surface area contributed by atoms with E-state index >= 15 is 0 Å². The third-order valence-corrected chi connectivity index (χ3v) is 1.53. The summed E-state index contributed by atoms with van der Waals surface area (Å²) in [5, 5.41) is 7.49. The van der Waals surface area contributed by atoms with Crippen molar-refractivity contribution in [3.05, 3.63) is 23.5 Å². The summed E-state index contributed by atoms with van der Waals surface area (Å²) in [6.07, 6.45) is 3.50. The van der Waals surface area contributed by atoms with Gasteiger partial charge in [0, 0.05) is 18.7 Å². The van der Waals surface area contributed by atoms with Gasteiger partial charge in [-0.25, -0.2) is 0 Å². The Morgan fingerprint density at radius 1 is 1.62 bits per heavy atom. The average Bonchev–Trinajstić information content (AvgIpc) is 2.03. The first-order valence-electron chi connectivity index (χ1n) is 3.75. The van der Waals surface area contributed by atoms with Gasteiger partial charge in [-0.05, 0) is 0 Å². The van der Waals surface area contributed by atoms with Crippen LogP contribution in [0.5, 0.6) is 5.75 Å². The average molecular weight is 200 g/mol. The van der Waals surface area contributed by atoms with Gasteiger partial charge in [0.05, 0.1) is 23.7 Å². The molecule has 5 heteroatoms. The van der Waals surface area contributed by atoms with E-state index in [2.05, 4.69) is 4.98 Å². The smallest absolute Gasteiger partial charge is 0.139 e. The molecule has 1 heterocycles. The van der Waals surface area contributed by atoms with Crippen molar-refractivity contribution in [3.63, 3.8) is 0 Å². The van der Waals surface area contributed by atoms with Crippen LogP contribution in [0, 0.1) is 5.41 Å². The number of amidine groups is 1. The van der Waals surface area contributed by atoms with Crippen LogP contribution in [-0.2, 0) is 0 Å². The number of hydrogen-bond donors (Lipinski definition) is 2. The molecule has 0 aliphatic rings. The van der Waals surface area contributed by atoms with E-state index in [1.165, 1.54) is 6.20 Å². The molecule has 70 valence electrons. The Kier molecular flexibility index (Phi) is 3.52. The minimum atomic E-state index is 0.106. The second-order valence-corrected chi connectivity index (χ2v) is 2.90.